The molecular weight excluding hydrogens is 210 g/mol. The Labute approximate surface area is 93.2 Å². The molecular formula is C10H15N3OS. The van der Waals surface area contributed by atoms with Crippen LogP contribution in [-0.4, -0.2) is 22.0 Å². The second kappa shape index (κ2) is 4.26. The lowest BCUT2D eigenvalue weighted by Gasteiger charge is -2.02. The van der Waals surface area contributed by atoms with Crippen molar-refractivity contribution in [1.29, 1.82) is 0 Å². The zero-order valence-electron chi connectivity index (χ0n) is 8.99. The molecule has 2 atom stereocenters. The molecule has 0 unspecified atom stereocenters. The van der Waals surface area contributed by atoms with Crippen molar-refractivity contribution in [1.82, 2.24) is 14.9 Å². The van der Waals surface area contributed by atoms with Crippen molar-refractivity contribution in [3.05, 3.63) is 10.6 Å². The third-order valence-corrected chi connectivity index (χ3v) is 3.66. The van der Waals surface area contributed by atoms with Gasteiger partial charge in [-0.3, -0.25) is 4.79 Å². The lowest BCUT2D eigenvalue weighted by atomic mass is 10.3. The van der Waals surface area contributed by atoms with Gasteiger partial charge in [0, 0.05) is 6.54 Å². The van der Waals surface area contributed by atoms with Crippen molar-refractivity contribution in [3.63, 3.8) is 0 Å². The second-order valence-corrected chi connectivity index (χ2v) is 4.84. The summed E-state index contributed by atoms with van der Waals surface area (Å²) in [6, 6.07) is 0. The van der Waals surface area contributed by atoms with Crippen LogP contribution >= 0.6 is 11.5 Å². The summed E-state index contributed by atoms with van der Waals surface area (Å²) >= 11 is 1.18. The molecule has 0 aliphatic heterocycles. The Bertz CT molecular complexity index is 363. The fourth-order valence-corrected chi connectivity index (χ4v) is 2.27. The van der Waals surface area contributed by atoms with Gasteiger partial charge in [-0.25, -0.2) is 0 Å². The molecule has 0 bridgehead atoms. The summed E-state index contributed by atoms with van der Waals surface area (Å²) in [6.07, 6.45) is 2.00. The van der Waals surface area contributed by atoms with Gasteiger partial charge in [-0.15, -0.1) is 5.10 Å². The zero-order chi connectivity index (χ0) is 10.8. The fraction of sp³-hybridized carbons (Fsp3) is 0.700. The zero-order valence-corrected chi connectivity index (χ0v) is 9.80. The van der Waals surface area contributed by atoms with Gasteiger partial charge in [0.15, 0.2) is 0 Å². The standard InChI is InChI=1S/C10H15N3OS/c1-3-8-9(15-13-12-8)10(14)11-5-7-4-6(7)2/h6-7H,3-5H2,1-2H3,(H,11,14)/t6-,7+/m0/s1. The van der Waals surface area contributed by atoms with E-state index in [1.54, 1.807) is 0 Å². The van der Waals surface area contributed by atoms with E-state index in [1.807, 2.05) is 6.92 Å². The van der Waals surface area contributed by atoms with E-state index < -0.39 is 0 Å². The lowest BCUT2D eigenvalue weighted by Crippen LogP contribution is -2.25. The Morgan fingerprint density at radius 1 is 1.67 bits per heavy atom. The van der Waals surface area contributed by atoms with E-state index in [-0.39, 0.29) is 5.91 Å². The summed E-state index contributed by atoms with van der Waals surface area (Å²) in [5.41, 5.74) is 0.807. The molecule has 1 saturated carbocycles. The van der Waals surface area contributed by atoms with Gasteiger partial charge in [-0.05, 0) is 36.2 Å². The molecule has 1 amide bonds. The van der Waals surface area contributed by atoms with Gasteiger partial charge in [-0.2, -0.15) is 0 Å². The smallest absolute Gasteiger partial charge is 0.264 e. The molecule has 0 spiro atoms. The molecule has 82 valence electrons. The van der Waals surface area contributed by atoms with Gasteiger partial charge >= 0.3 is 0 Å². The first-order chi connectivity index (χ1) is 7.22. The Morgan fingerprint density at radius 2 is 2.40 bits per heavy atom. The van der Waals surface area contributed by atoms with E-state index in [4.69, 9.17) is 0 Å². The van der Waals surface area contributed by atoms with Crippen LogP contribution in [0.1, 0.15) is 35.6 Å². The maximum atomic E-state index is 11.7. The Kier molecular flexibility index (Phi) is 3.00. The minimum atomic E-state index is -0.0130. The molecule has 0 saturated heterocycles. The number of hydrogen-bond donors (Lipinski definition) is 1. The minimum Gasteiger partial charge on any atom is -0.351 e. The Hall–Kier alpha value is -0.970. The van der Waals surface area contributed by atoms with Crippen LogP contribution in [0.15, 0.2) is 0 Å². The summed E-state index contributed by atoms with van der Waals surface area (Å²) in [7, 11) is 0. The molecule has 4 nitrogen and oxygen atoms in total. The van der Waals surface area contributed by atoms with Crippen molar-refractivity contribution in [3.8, 4) is 0 Å². The summed E-state index contributed by atoms with van der Waals surface area (Å²) in [5, 5.41) is 6.86. The highest BCUT2D eigenvalue weighted by Crippen LogP contribution is 2.36. The molecule has 15 heavy (non-hydrogen) atoms. The van der Waals surface area contributed by atoms with Gasteiger partial charge in [-0.1, -0.05) is 18.3 Å². The summed E-state index contributed by atoms with van der Waals surface area (Å²) in [4.78, 5) is 12.4. The summed E-state index contributed by atoms with van der Waals surface area (Å²) in [5.74, 6) is 1.44. The SMILES string of the molecule is CCc1nnsc1C(=O)NC[C@H]1C[C@@H]1C. The average molecular weight is 225 g/mol. The van der Waals surface area contributed by atoms with Crippen LogP contribution in [0.2, 0.25) is 0 Å². The molecule has 0 aromatic carbocycles. The molecule has 2 rings (SSSR count). The van der Waals surface area contributed by atoms with Gasteiger partial charge in [0.2, 0.25) is 0 Å². The average Bonchev–Trinajstić information content (AvgIpc) is 2.78. The van der Waals surface area contributed by atoms with Gasteiger partial charge in [0.25, 0.3) is 5.91 Å². The number of aryl methyl sites for hydroxylation is 1. The second-order valence-electron chi connectivity index (χ2n) is 4.09. The molecule has 0 radical (unpaired) electrons. The Balaban J connectivity index is 1.90. The predicted octanol–water partition coefficient (Wildman–Crippen LogP) is 1.49. The molecule has 1 aliphatic carbocycles. The first kappa shape index (κ1) is 10.5. The van der Waals surface area contributed by atoms with E-state index in [0.29, 0.717) is 10.8 Å². The minimum absolute atomic E-state index is 0.0130. The molecule has 1 aromatic rings. The van der Waals surface area contributed by atoms with E-state index in [0.717, 1.165) is 24.6 Å². The number of carbonyl (C=O) groups is 1. The number of amides is 1. The quantitative estimate of drug-likeness (QED) is 0.844. The number of nitrogens with zero attached hydrogens (tertiary/aromatic N) is 2. The van der Waals surface area contributed by atoms with Crippen molar-refractivity contribution in [2.45, 2.75) is 26.7 Å². The van der Waals surface area contributed by atoms with Gasteiger partial charge < -0.3 is 5.32 Å². The summed E-state index contributed by atoms with van der Waals surface area (Å²) in [6.45, 7) is 4.99. The fourth-order valence-electron chi connectivity index (χ4n) is 1.60. The molecule has 1 heterocycles. The third-order valence-electron chi connectivity index (χ3n) is 2.90. The molecule has 1 N–H and O–H groups in total. The largest absolute Gasteiger partial charge is 0.351 e. The third kappa shape index (κ3) is 2.34. The molecule has 5 heteroatoms. The first-order valence-corrected chi connectivity index (χ1v) is 6.09. The predicted molar refractivity (Wildman–Crippen MR) is 58.9 cm³/mol. The molecule has 1 aliphatic rings. The monoisotopic (exact) mass is 225 g/mol. The highest BCUT2D eigenvalue weighted by atomic mass is 32.1. The number of aromatic nitrogens is 2. The topological polar surface area (TPSA) is 54.9 Å². The maximum absolute atomic E-state index is 11.7. The van der Waals surface area contributed by atoms with Crippen molar-refractivity contribution in [2.24, 2.45) is 11.8 Å². The molecule has 1 aromatic heterocycles. The number of nitrogens with one attached hydrogen (secondary N) is 1. The maximum Gasteiger partial charge on any atom is 0.264 e. The van der Waals surface area contributed by atoms with E-state index in [9.17, 15) is 4.79 Å². The first-order valence-electron chi connectivity index (χ1n) is 5.31. The van der Waals surface area contributed by atoms with Crippen LogP contribution in [0.4, 0.5) is 0 Å². The van der Waals surface area contributed by atoms with Crippen LogP contribution < -0.4 is 5.32 Å². The van der Waals surface area contributed by atoms with Crippen molar-refractivity contribution >= 4 is 17.4 Å². The van der Waals surface area contributed by atoms with Crippen LogP contribution in [0, 0.1) is 11.8 Å². The van der Waals surface area contributed by atoms with E-state index in [2.05, 4.69) is 21.8 Å². The van der Waals surface area contributed by atoms with Crippen LogP contribution in [0.25, 0.3) is 0 Å². The van der Waals surface area contributed by atoms with Crippen molar-refractivity contribution in [2.75, 3.05) is 6.54 Å². The summed E-state index contributed by atoms with van der Waals surface area (Å²) < 4.78 is 3.80. The van der Waals surface area contributed by atoms with Crippen LogP contribution in [0.3, 0.4) is 0 Å². The lowest BCUT2D eigenvalue weighted by molar-refractivity contribution is 0.0954. The number of carbonyl (C=O) groups excluding carboxylic acids is 1. The van der Waals surface area contributed by atoms with Crippen LogP contribution in [0.5, 0.6) is 0 Å². The van der Waals surface area contributed by atoms with Gasteiger partial charge in [0.1, 0.15) is 4.88 Å². The van der Waals surface area contributed by atoms with Crippen molar-refractivity contribution < 1.29 is 4.79 Å². The highest BCUT2D eigenvalue weighted by Gasteiger charge is 2.32. The highest BCUT2D eigenvalue weighted by molar-refractivity contribution is 7.08. The number of rotatable bonds is 4. The van der Waals surface area contributed by atoms with E-state index in [1.165, 1.54) is 18.0 Å². The Morgan fingerprint density at radius 3 is 3.00 bits per heavy atom. The number of hydrogen-bond acceptors (Lipinski definition) is 4. The van der Waals surface area contributed by atoms with Crippen LogP contribution in [-0.2, 0) is 6.42 Å². The normalized spacial score (nSPS) is 23.9. The molecule has 1 fully saturated rings. The van der Waals surface area contributed by atoms with E-state index >= 15 is 0 Å². The van der Waals surface area contributed by atoms with Gasteiger partial charge in [0.05, 0.1) is 5.69 Å².